The molecule has 10 heteroatoms. The van der Waals surface area contributed by atoms with E-state index in [1.54, 1.807) is 62.9 Å². The number of hydrogen-bond acceptors (Lipinski definition) is 10. The Morgan fingerprint density at radius 2 is 1.78 bits per heavy atom. The largest absolute Gasteiger partial charge is 0.382 e. The van der Waals surface area contributed by atoms with Crippen LogP contribution < -0.4 is 0 Å². The molecule has 0 aliphatic heterocycles. The quantitative estimate of drug-likeness (QED) is 0.214. The van der Waals surface area contributed by atoms with E-state index in [2.05, 4.69) is 5.16 Å². The van der Waals surface area contributed by atoms with Crippen LogP contribution in [-0.4, -0.2) is 69.6 Å². The van der Waals surface area contributed by atoms with Crippen LogP contribution in [0, 0.1) is 11.3 Å². The van der Waals surface area contributed by atoms with Gasteiger partial charge < -0.3 is 18.9 Å². The predicted octanol–water partition coefficient (Wildman–Crippen LogP) is 4.43. The van der Waals surface area contributed by atoms with Crippen molar-refractivity contribution in [3.8, 4) is 16.7 Å². The number of ketones is 1. The van der Waals surface area contributed by atoms with Crippen molar-refractivity contribution in [2.24, 2.45) is 0 Å². The minimum atomic E-state index is -0.213. The molecule has 0 radical (unpaired) electrons. The van der Waals surface area contributed by atoms with Crippen LogP contribution in [0.4, 0.5) is 0 Å². The average Bonchev–Trinajstić information content (AvgIpc) is 3.55. The Morgan fingerprint density at radius 3 is 2.16 bits per heavy atom. The standard InChI is InChI=1S/C10H10N2OS.C7H5NOS.C5H13NO2/c1-12(2)7-8(6-11)10(13)9-4-3-5-14-9;1-2-7(10-5-1)6-3-4-8-9-6;1-6(2)5(7-3)8-4/h3-5,7H,1-2H3;1-5H;5H,1-4H3/b8-7+;;. The Balaban J connectivity index is 0.000000251. The Bertz CT molecular complexity index is 909. The molecule has 0 saturated carbocycles. The fourth-order valence-corrected chi connectivity index (χ4v) is 3.58. The second-order valence-electron chi connectivity index (χ2n) is 6.52. The van der Waals surface area contributed by atoms with Gasteiger partial charge in [0.05, 0.1) is 16.0 Å². The third-order valence-corrected chi connectivity index (χ3v) is 5.28. The van der Waals surface area contributed by atoms with Gasteiger partial charge in [0.15, 0.2) is 5.76 Å². The van der Waals surface area contributed by atoms with E-state index in [1.807, 2.05) is 54.0 Å². The molecule has 3 aromatic heterocycles. The molecule has 3 heterocycles. The van der Waals surface area contributed by atoms with Crippen LogP contribution in [0.15, 0.2) is 63.6 Å². The zero-order valence-corrected chi connectivity index (χ0v) is 20.6. The number of methoxy groups -OCH3 is 2. The first-order valence-corrected chi connectivity index (χ1v) is 11.1. The van der Waals surface area contributed by atoms with E-state index in [1.165, 1.54) is 17.5 Å². The molecule has 3 rings (SSSR count). The molecule has 0 unspecified atom stereocenters. The minimum Gasteiger partial charge on any atom is -0.382 e. The summed E-state index contributed by atoms with van der Waals surface area (Å²) >= 11 is 2.99. The molecule has 0 bridgehead atoms. The van der Waals surface area contributed by atoms with Crippen LogP contribution in [-0.2, 0) is 9.47 Å². The molecule has 0 saturated heterocycles. The maximum absolute atomic E-state index is 11.7. The van der Waals surface area contributed by atoms with Crippen molar-refractivity contribution in [3.63, 3.8) is 0 Å². The van der Waals surface area contributed by atoms with Gasteiger partial charge in [0.1, 0.15) is 11.6 Å². The van der Waals surface area contributed by atoms with Crippen LogP contribution in [0.3, 0.4) is 0 Å². The zero-order chi connectivity index (χ0) is 23.9. The van der Waals surface area contributed by atoms with E-state index < -0.39 is 0 Å². The van der Waals surface area contributed by atoms with Crippen molar-refractivity contribution < 1.29 is 18.8 Å². The second kappa shape index (κ2) is 15.1. The maximum atomic E-state index is 11.7. The van der Waals surface area contributed by atoms with Crippen LogP contribution in [0.1, 0.15) is 9.67 Å². The molecule has 0 aliphatic rings. The van der Waals surface area contributed by atoms with Crippen molar-refractivity contribution in [1.82, 2.24) is 15.0 Å². The highest BCUT2D eigenvalue weighted by molar-refractivity contribution is 7.13. The molecule has 8 nitrogen and oxygen atoms in total. The number of ether oxygens (including phenoxy) is 2. The SMILES string of the molecule is CN(C)/C=C(\C#N)C(=O)c1cccs1.COC(OC)N(C)C.c1csc(-c2ccno2)c1. The maximum Gasteiger partial charge on any atom is 0.217 e. The molecule has 172 valence electrons. The topological polar surface area (TPSA) is 91.8 Å². The number of rotatable bonds is 7. The number of nitriles is 1. The fraction of sp³-hybridized carbons (Fsp3) is 0.318. The summed E-state index contributed by atoms with van der Waals surface area (Å²) in [7, 11) is 10.5. The number of carbonyl (C=O) groups excluding carboxylic acids is 1. The molecule has 0 spiro atoms. The highest BCUT2D eigenvalue weighted by atomic mass is 32.1. The lowest BCUT2D eigenvalue weighted by Crippen LogP contribution is -2.30. The van der Waals surface area contributed by atoms with Gasteiger partial charge in [0.25, 0.3) is 0 Å². The Hall–Kier alpha value is -2.81. The van der Waals surface area contributed by atoms with Crippen molar-refractivity contribution in [2.75, 3.05) is 42.4 Å². The summed E-state index contributed by atoms with van der Waals surface area (Å²) < 4.78 is 14.7. The summed E-state index contributed by atoms with van der Waals surface area (Å²) in [4.78, 5) is 16.9. The smallest absolute Gasteiger partial charge is 0.217 e. The van der Waals surface area contributed by atoms with Crippen LogP contribution in [0.25, 0.3) is 10.6 Å². The van der Waals surface area contributed by atoms with Crippen molar-refractivity contribution in [1.29, 1.82) is 5.26 Å². The lowest BCUT2D eigenvalue weighted by molar-refractivity contribution is -0.179. The summed E-state index contributed by atoms with van der Waals surface area (Å²) in [5.41, 5.74) is 0.164. The summed E-state index contributed by atoms with van der Waals surface area (Å²) in [6.45, 7) is 0. The molecule has 0 atom stereocenters. The molecular formula is C22H28N4O4S2. The van der Waals surface area contributed by atoms with E-state index >= 15 is 0 Å². The van der Waals surface area contributed by atoms with Gasteiger partial charge in [-0.05, 0) is 37.0 Å². The van der Waals surface area contributed by atoms with Gasteiger partial charge in [0.2, 0.25) is 12.2 Å². The molecule has 0 amide bonds. The van der Waals surface area contributed by atoms with Crippen LogP contribution in [0.2, 0.25) is 0 Å². The Kier molecular flexibility index (Phi) is 12.8. The molecule has 0 aromatic carbocycles. The summed E-state index contributed by atoms with van der Waals surface area (Å²) in [5, 5.41) is 16.2. The second-order valence-corrected chi connectivity index (χ2v) is 8.42. The van der Waals surface area contributed by atoms with Crippen molar-refractivity contribution >= 4 is 28.5 Å². The normalized spacial score (nSPS) is 10.7. The highest BCUT2D eigenvalue weighted by Gasteiger charge is 2.12. The monoisotopic (exact) mass is 476 g/mol. The fourth-order valence-electron chi connectivity index (χ4n) is 2.22. The number of carbonyl (C=O) groups is 1. The molecule has 3 aromatic rings. The predicted molar refractivity (Wildman–Crippen MR) is 127 cm³/mol. The van der Waals surface area contributed by atoms with E-state index in [4.69, 9.17) is 19.3 Å². The molecule has 0 fully saturated rings. The average molecular weight is 477 g/mol. The van der Waals surface area contributed by atoms with Gasteiger partial charge in [-0.2, -0.15) is 5.26 Å². The Labute approximate surface area is 196 Å². The van der Waals surface area contributed by atoms with Crippen LogP contribution >= 0.6 is 22.7 Å². The number of Topliss-reactive ketones (excluding diaryl/α,β-unsaturated/α-hetero) is 1. The number of thiophene rings is 2. The highest BCUT2D eigenvalue weighted by Crippen LogP contribution is 2.23. The summed E-state index contributed by atoms with van der Waals surface area (Å²) in [6.07, 6.45) is 2.96. The zero-order valence-electron chi connectivity index (χ0n) is 19.0. The van der Waals surface area contributed by atoms with Crippen LogP contribution in [0.5, 0.6) is 0 Å². The van der Waals surface area contributed by atoms with Gasteiger partial charge in [-0.15, -0.1) is 22.7 Å². The van der Waals surface area contributed by atoms with E-state index in [9.17, 15) is 4.79 Å². The van der Waals surface area contributed by atoms with Gasteiger partial charge in [-0.1, -0.05) is 17.3 Å². The summed E-state index contributed by atoms with van der Waals surface area (Å²) in [5.74, 6) is 0.631. The first kappa shape index (κ1) is 27.2. The van der Waals surface area contributed by atoms with Gasteiger partial charge in [-0.3, -0.25) is 9.69 Å². The van der Waals surface area contributed by atoms with Gasteiger partial charge >= 0.3 is 0 Å². The number of nitrogens with zero attached hydrogens (tertiary/aromatic N) is 4. The number of hydrogen-bond donors (Lipinski definition) is 0. The first-order valence-electron chi connectivity index (χ1n) is 9.37. The molecule has 0 N–H and O–H groups in total. The van der Waals surface area contributed by atoms with Crippen molar-refractivity contribution in [3.05, 3.63) is 63.9 Å². The number of allylic oxidation sites excluding steroid dienone is 1. The number of aromatic nitrogens is 1. The van der Waals surface area contributed by atoms with Crippen molar-refractivity contribution in [2.45, 2.75) is 6.41 Å². The third-order valence-electron chi connectivity index (χ3n) is 3.52. The molecule has 32 heavy (non-hydrogen) atoms. The third kappa shape index (κ3) is 9.55. The van der Waals surface area contributed by atoms with E-state index in [0.717, 1.165) is 10.6 Å². The van der Waals surface area contributed by atoms with E-state index in [-0.39, 0.29) is 17.8 Å². The minimum absolute atomic E-state index is 0.164. The summed E-state index contributed by atoms with van der Waals surface area (Å²) in [6, 6.07) is 11.3. The Morgan fingerprint density at radius 1 is 1.12 bits per heavy atom. The lowest BCUT2D eigenvalue weighted by Gasteiger charge is -2.19. The molecule has 0 aliphatic carbocycles. The first-order chi connectivity index (χ1) is 15.3. The van der Waals surface area contributed by atoms with Gasteiger partial charge in [0, 0.05) is 40.6 Å². The van der Waals surface area contributed by atoms with Gasteiger partial charge in [-0.25, -0.2) is 0 Å². The lowest BCUT2D eigenvalue weighted by atomic mass is 10.2. The van der Waals surface area contributed by atoms with E-state index in [0.29, 0.717) is 4.88 Å². The molecular weight excluding hydrogens is 448 g/mol.